The molecule has 0 bridgehead atoms. The predicted octanol–water partition coefficient (Wildman–Crippen LogP) is 3.98. The van der Waals surface area contributed by atoms with E-state index in [1.807, 2.05) is 27.0 Å². The highest BCUT2D eigenvalue weighted by atomic mass is 16.6. The van der Waals surface area contributed by atoms with Gasteiger partial charge in [-0.05, 0) is 62.4 Å². The van der Waals surface area contributed by atoms with Crippen molar-refractivity contribution >= 4 is 11.9 Å². The molecule has 1 N–H and O–H groups in total. The van der Waals surface area contributed by atoms with E-state index in [0.717, 1.165) is 36.5 Å². The number of ether oxygens (including phenoxy) is 1. The summed E-state index contributed by atoms with van der Waals surface area (Å²) in [5, 5.41) is 2.79. The number of fused-ring (bicyclic) bond motifs is 1. The third-order valence-electron chi connectivity index (χ3n) is 4.48. The molecule has 1 amide bonds. The van der Waals surface area contributed by atoms with Crippen LogP contribution in [-0.2, 0) is 24.2 Å². The second-order valence-electron chi connectivity index (χ2n) is 7.76. The number of carbonyl (C=O) groups is 1. The zero-order chi connectivity index (χ0) is 18.7. The minimum atomic E-state index is -0.494. The maximum Gasteiger partial charge on any atom is 0.407 e. The molecule has 5 heteroatoms. The average molecular weight is 353 g/mol. The zero-order valence-electron chi connectivity index (χ0n) is 16.0. The Balaban J connectivity index is 1.64. The van der Waals surface area contributed by atoms with Crippen molar-refractivity contribution in [2.75, 3.05) is 11.4 Å². The molecule has 3 rings (SSSR count). The third kappa shape index (κ3) is 4.54. The minimum Gasteiger partial charge on any atom is -0.444 e. The van der Waals surface area contributed by atoms with Crippen LogP contribution in [0.2, 0.25) is 0 Å². The molecule has 0 spiro atoms. The number of pyridine rings is 1. The highest BCUT2D eigenvalue weighted by Gasteiger charge is 2.18. The van der Waals surface area contributed by atoms with Crippen LogP contribution in [0.1, 0.15) is 43.0 Å². The number of nitrogens with zero attached hydrogens (tertiary/aromatic N) is 2. The lowest BCUT2D eigenvalue weighted by Crippen LogP contribution is -2.32. The summed E-state index contributed by atoms with van der Waals surface area (Å²) in [5.41, 5.74) is 4.42. The zero-order valence-corrected chi connectivity index (χ0v) is 16.0. The van der Waals surface area contributed by atoms with Crippen LogP contribution < -0.4 is 10.2 Å². The summed E-state index contributed by atoms with van der Waals surface area (Å²) in [6, 6.07) is 10.7. The first kappa shape index (κ1) is 18.2. The minimum absolute atomic E-state index is 0.409. The topological polar surface area (TPSA) is 54.5 Å². The molecule has 0 saturated heterocycles. The fourth-order valence-electron chi connectivity index (χ4n) is 3.10. The third-order valence-corrected chi connectivity index (χ3v) is 4.48. The first-order valence-electron chi connectivity index (χ1n) is 9.06. The second-order valence-corrected chi connectivity index (χ2v) is 7.76. The van der Waals surface area contributed by atoms with E-state index in [0.29, 0.717) is 6.54 Å². The van der Waals surface area contributed by atoms with Gasteiger partial charge in [-0.15, -0.1) is 0 Å². The van der Waals surface area contributed by atoms with Gasteiger partial charge in [0.15, 0.2) is 0 Å². The Bertz CT molecular complexity index is 796. The molecule has 0 aliphatic carbocycles. The van der Waals surface area contributed by atoms with Crippen LogP contribution in [0.15, 0.2) is 36.5 Å². The van der Waals surface area contributed by atoms with Crippen LogP contribution in [0, 0.1) is 6.92 Å². The normalized spacial score (nSPS) is 13.9. The lowest BCUT2D eigenvalue weighted by Gasteiger charge is -2.30. The molecule has 2 heterocycles. The van der Waals surface area contributed by atoms with E-state index >= 15 is 0 Å². The standard InChI is InChI=1S/C21H27N3O2/c1-15-11-19(24-10-9-16-7-5-6-8-17(16)14-24)22-12-18(15)13-23-20(25)26-21(2,3)4/h5-8,11-12H,9-10,13-14H2,1-4H3,(H,23,25). The monoisotopic (exact) mass is 353 g/mol. The van der Waals surface area contributed by atoms with Gasteiger partial charge in [-0.1, -0.05) is 24.3 Å². The summed E-state index contributed by atoms with van der Waals surface area (Å²) in [7, 11) is 0. The van der Waals surface area contributed by atoms with Gasteiger partial charge in [-0.3, -0.25) is 0 Å². The van der Waals surface area contributed by atoms with Crippen molar-refractivity contribution in [3.05, 3.63) is 58.8 Å². The number of rotatable bonds is 3. The van der Waals surface area contributed by atoms with Gasteiger partial charge in [-0.2, -0.15) is 0 Å². The molecule has 5 nitrogen and oxygen atoms in total. The van der Waals surface area contributed by atoms with Gasteiger partial charge in [0.25, 0.3) is 0 Å². The van der Waals surface area contributed by atoms with Crippen LogP contribution in [0.4, 0.5) is 10.6 Å². The average Bonchev–Trinajstić information content (AvgIpc) is 2.58. The number of carbonyl (C=O) groups excluding carboxylic acids is 1. The Hall–Kier alpha value is -2.56. The van der Waals surface area contributed by atoms with Crippen LogP contribution >= 0.6 is 0 Å². The van der Waals surface area contributed by atoms with Crippen molar-refractivity contribution in [1.82, 2.24) is 10.3 Å². The molecule has 138 valence electrons. The van der Waals surface area contributed by atoms with Crippen molar-refractivity contribution in [3.63, 3.8) is 0 Å². The molecule has 0 unspecified atom stereocenters. The Morgan fingerprint density at radius 3 is 2.69 bits per heavy atom. The Labute approximate surface area is 155 Å². The van der Waals surface area contributed by atoms with E-state index in [9.17, 15) is 4.79 Å². The van der Waals surface area contributed by atoms with Crippen LogP contribution in [0.5, 0.6) is 0 Å². The predicted molar refractivity (Wildman–Crippen MR) is 103 cm³/mol. The number of aromatic nitrogens is 1. The summed E-state index contributed by atoms with van der Waals surface area (Å²) in [6.45, 7) is 9.88. The van der Waals surface area contributed by atoms with Crippen molar-refractivity contribution in [1.29, 1.82) is 0 Å². The molecular formula is C21H27N3O2. The summed E-state index contributed by atoms with van der Waals surface area (Å²) in [6.07, 6.45) is 2.48. The van der Waals surface area contributed by atoms with Crippen molar-refractivity contribution in [3.8, 4) is 0 Å². The number of alkyl carbamates (subject to hydrolysis) is 1. The van der Waals surface area contributed by atoms with Crippen molar-refractivity contribution in [2.24, 2.45) is 0 Å². The van der Waals surface area contributed by atoms with E-state index in [4.69, 9.17) is 4.74 Å². The molecule has 1 aromatic carbocycles. The number of benzene rings is 1. The second kappa shape index (κ2) is 7.36. The van der Waals surface area contributed by atoms with Gasteiger partial charge in [0.1, 0.15) is 11.4 Å². The molecule has 26 heavy (non-hydrogen) atoms. The molecule has 2 aromatic rings. The van der Waals surface area contributed by atoms with E-state index < -0.39 is 11.7 Å². The van der Waals surface area contributed by atoms with Gasteiger partial charge in [-0.25, -0.2) is 9.78 Å². The number of aryl methyl sites for hydroxylation is 1. The largest absolute Gasteiger partial charge is 0.444 e. The van der Waals surface area contributed by atoms with E-state index in [1.54, 1.807) is 0 Å². The number of nitrogens with one attached hydrogen (secondary N) is 1. The van der Waals surface area contributed by atoms with Gasteiger partial charge in [0.05, 0.1) is 0 Å². The SMILES string of the molecule is Cc1cc(N2CCc3ccccc3C2)ncc1CNC(=O)OC(C)(C)C. The van der Waals surface area contributed by atoms with E-state index in [-0.39, 0.29) is 0 Å². The molecule has 0 saturated carbocycles. The van der Waals surface area contributed by atoms with Crippen molar-refractivity contribution < 1.29 is 9.53 Å². The van der Waals surface area contributed by atoms with Gasteiger partial charge >= 0.3 is 6.09 Å². The van der Waals surface area contributed by atoms with Crippen LogP contribution in [-0.4, -0.2) is 23.2 Å². The van der Waals surface area contributed by atoms with Gasteiger partial charge in [0, 0.05) is 25.8 Å². The fourth-order valence-corrected chi connectivity index (χ4v) is 3.10. The fraction of sp³-hybridized carbons (Fsp3) is 0.429. The lowest BCUT2D eigenvalue weighted by molar-refractivity contribution is 0.0523. The highest BCUT2D eigenvalue weighted by Crippen LogP contribution is 2.24. The summed E-state index contributed by atoms with van der Waals surface area (Å²) >= 11 is 0. The molecule has 0 radical (unpaired) electrons. The number of hydrogen-bond donors (Lipinski definition) is 1. The first-order valence-corrected chi connectivity index (χ1v) is 9.06. The summed E-state index contributed by atoms with van der Waals surface area (Å²) in [5.74, 6) is 0.984. The van der Waals surface area contributed by atoms with Crippen LogP contribution in [0.3, 0.4) is 0 Å². The number of hydrogen-bond acceptors (Lipinski definition) is 4. The molecule has 0 atom stereocenters. The smallest absolute Gasteiger partial charge is 0.407 e. The van der Waals surface area contributed by atoms with Gasteiger partial charge in [0.2, 0.25) is 0 Å². The molecular weight excluding hydrogens is 326 g/mol. The van der Waals surface area contributed by atoms with Crippen molar-refractivity contribution in [2.45, 2.75) is 52.8 Å². The van der Waals surface area contributed by atoms with Crippen LogP contribution in [0.25, 0.3) is 0 Å². The Morgan fingerprint density at radius 2 is 2.00 bits per heavy atom. The lowest BCUT2D eigenvalue weighted by atomic mass is 10.00. The molecule has 1 aliphatic heterocycles. The molecule has 1 aliphatic rings. The summed E-state index contributed by atoms with van der Waals surface area (Å²) < 4.78 is 5.27. The Kier molecular flexibility index (Phi) is 5.16. The first-order chi connectivity index (χ1) is 12.3. The highest BCUT2D eigenvalue weighted by molar-refractivity contribution is 5.67. The Morgan fingerprint density at radius 1 is 1.27 bits per heavy atom. The summed E-state index contributed by atoms with van der Waals surface area (Å²) in [4.78, 5) is 18.7. The maximum atomic E-state index is 11.8. The number of amides is 1. The van der Waals surface area contributed by atoms with E-state index in [1.165, 1.54) is 11.1 Å². The molecule has 0 fully saturated rings. The van der Waals surface area contributed by atoms with E-state index in [2.05, 4.69) is 52.5 Å². The molecule has 1 aromatic heterocycles. The quantitative estimate of drug-likeness (QED) is 0.907. The maximum absolute atomic E-state index is 11.8. The number of anilines is 1. The van der Waals surface area contributed by atoms with Gasteiger partial charge < -0.3 is 15.0 Å².